The lowest BCUT2D eigenvalue weighted by Gasteiger charge is -2.37. The second-order valence-electron chi connectivity index (χ2n) is 5.86. The van der Waals surface area contributed by atoms with E-state index in [2.05, 4.69) is 10.6 Å². The molecule has 0 aromatic heterocycles. The lowest BCUT2D eigenvalue weighted by molar-refractivity contribution is 0.0600. The average molecular weight is 399 g/mol. The van der Waals surface area contributed by atoms with Crippen molar-refractivity contribution in [3.63, 3.8) is 0 Å². The normalized spacial score (nSPS) is 23.3. The average Bonchev–Trinajstić information content (AvgIpc) is 3.01. The summed E-state index contributed by atoms with van der Waals surface area (Å²) in [5.74, 6) is 0.287. The number of hydrogen-bond acceptors (Lipinski definition) is 5. The molecule has 4 N–H and O–H groups in total. The third-order valence-electron chi connectivity index (χ3n) is 4.65. The summed E-state index contributed by atoms with van der Waals surface area (Å²) >= 11 is 0. The van der Waals surface area contributed by atoms with Crippen molar-refractivity contribution in [1.29, 1.82) is 0 Å². The Morgan fingerprint density at radius 3 is 2.75 bits per heavy atom. The fourth-order valence-corrected chi connectivity index (χ4v) is 3.62. The molecule has 0 amide bonds. The van der Waals surface area contributed by atoms with Gasteiger partial charge in [-0.3, -0.25) is 0 Å². The van der Waals surface area contributed by atoms with Crippen LogP contribution >= 0.6 is 37.2 Å². The second-order valence-corrected chi connectivity index (χ2v) is 5.86. The summed E-state index contributed by atoms with van der Waals surface area (Å²) in [6.45, 7) is 1.76. The van der Waals surface area contributed by atoms with Gasteiger partial charge in [-0.25, -0.2) is 4.79 Å². The molecule has 138 valence electrons. The summed E-state index contributed by atoms with van der Waals surface area (Å²) in [4.78, 5) is 11.7. The van der Waals surface area contributed by atoms with Crippen molar-refractivity contribution in [2.24, 2.45) is 11.7 Å². The fourth-order valence-electron chi connectivity index (χ4n) is 3.62. The van der Waals surface area contributed by atoms with E-state index < -0.39 is 0 Å². The van der Waals surface area contributed by atoms with Crippen LogP contribution in [0.4, 0.5) is 5.69 Å². The zero-order valence-electron chi connectivity index (χ0n) is 13.6. The Morgan fingerprint density at radius 2 is 2.08 bits per heavy atom. The Labute approximate surface area is 161 Å². The van der Waals surface area contributed by atoms with E-state index in [0.717, 1.165) is 38.0 Å². The van der Waals surface area contributed by atoms with Crippen molar-refractivity contribution in [3.8, 4) is 0 Å². The van der Waals surface area contributed by atoms with Crippen molar-refractivity contribution in [1.82, 2.24) is 5.32 Å². The summed E-state index contributed by atoms with van der Waals surface area (Å²) < 4.78 is 4.82. The Morgan fingerprint density at radius 1 is 1.33 bits per heavy atom. The van der Waals surface area contributed by atoms with E-state index in [-0.39, 0.29) is 43.2 Å². The van der Waals surface area contributed by atoms with Gasteiger partial charge in [0.05, 0.1) is 12.7 Å². The van der Waals surface area contributed by atoms with E-state index in [1.807, 2.05) is 18.2 Å². The van der Waals surface area contributed by atoms with Crippen LogP contribution in [0.2, 0.25) is 0 Å². The van der Waals surface area contributed by atoms with E-state index >= 15 is 0 Å². The summed E-state index contributed by atoms with van der Waals surface area (Å²) in [5, 5.41) is 7.22. The van der Waals surface area contributed by atoms with Gasteiger partial charge in [-0.1, -0.05) is 0 Å². The molecule has 2 heterocycles. The van der Waals surface area contributed by atoms with E-state index in [9.17, 15) is 4.79 Å². The molecule has 1 saturated heterocycles. The van der Waals surface area contributed by atoms with Crippen LogP contribution in [0.25, 0.3) is 0 Å². The predicted molar refractivity (Wildman–Crippen MR) is 104 cm³/mol. The first-order chi connectivity index (χ1) is 10.2. The first-order valence-corrected chi connectivity index (χ1v) is 7.67. The quantitative estimate of drug-likeness (QED) is 0.680. The molecule has 1 fully saturated rings. The third kappa shape index (κ3) is 4.46. The lowest BCUT2D eigenvalue weighted by atomic mass is 9.81. The number of nitrogens with two attached hydrogens (primary N) is 1. The van der Waals surface area contributed by atoms with Crippen molar-refractivity contribution in [2.75, 3.05) is 25.5 Å². The number of carbonyl (C=O) groups excluding carboxylic acids is 1. The highest BCUT2D eigenvalue weighted by Gasteiger charge is 2.39. The van der Waals surface area contributed by atoms with Crippen LogP contribution in [-0.2, 0) is 4.74 Å². The maximum absolute atomic E-state index is 11.7. The van der Waals surface area contributed by atoms with Gasteiger partial charge >= 0.3 is 5.97 Å². The van der Waals surface area contributed by atoms with Crippen molar-refractivity contribution >= 4 is 48.9 Å². The van der Waals surface area contributed by atoms with Crippen LogP contribution in [-0.4, -0.2) is 32.2 Å². The molecule has 24 heavy (non-hydrogen) atoms. The van der Waals surface area contributed by atoms with Crippen LogP contribution in [0.5, 0.6) is 0 Å². The summed E-state index contributed by atoms with van der Waals surface area (Å²) in [7, 11) is 1.42. The molecule has 0 aliphatic carbocycles. The van der Waals surface area contributed by atoms with Crippen LogP contribution in [0.1, 0.15) is 41.2 Å². The van der Waals surface area contributed by atoms with Gasteiger partial charge in [-0.15, -0.1) is 37.2 Å². The lowest BCUT2D eigenvalue weighted by Crippen LogP contribution is -2.38. The number of nitrogens with one attached hydrogen (secondary N) is 2. The zero-order valence-corrected chi connectivity index (χ0v) is 16.1. The standard InChI is InChI=1S/C16H23N3O2.3ClH/c1-21-16(20)10-4-5-14-12(9-10)15-11(6-8-18-15)13(19-14)3-2-7-17;;;/h4-5,9,11,13,15,18-19H,2-3,6-8,17H2,1H3;3*1H/t11-,13-,15-;;;/m0.../s1. The minimum Gasteiger partial charge on any atom is -0.465 e. The van der Waals surface area contributed by atoms with E-state index in [1.54, 1.807) is 0 Å². The molecule has 8 heteroatoms. The number of halogens is 3. The Balaban J connectivity index is 0.00000176. The molecular weight excluding hydrogens is 373 g/mol. The Kier molecular flexibility index (Phi) is 10.0. The minimum absolute atomic E-state index is 0. The topological polar surface area (TPSA) is 76.4 Å². The second kappa shape index (κ2) is 10.3. The summed E-state index contributed by atoms with van der Waals surface area (Å²) in [6, 6.07) is 6.57. The Hall–Kier alpha value is -0.720. The molecule has 3 rings (SSSR count). The van der Waals surface area contributed by atoms with E-state index in [4.69, 9.17) is 10.5 Å². The molecular formula is C16H26Cl3N3O2. The van der Waals surface area contributed by atoms with Crippen LogP contribution in [0.15, 0.2) is 18.2 Å². The van der Waals surface area contributed by atoms with Gasteiger partial charge in [0, 0.05) is 17.8 Å². The SMILES string of the molecule is COC(=O)c1ccc2c(c1)[C@H]1NCC[C@H]1[C@H](CCCN)N2.Cl.Cl.Cl. The van der Waals surface area contributed by atoms with Gasteiger partial charge in [0.1, 0.15) is 0 Å². The van der Waals surface area contributed by atoms with Crippen molar-refractivity contribution in [3.05, 3.63) is 29.3 Å². The fraction of sp³-hybridized carbons (Fsp3) is 0.562. The first kappa shape index (κ1) is 23.3. The molecule has 2 aliphatic heterocycles. The van der Waals surface area contributed by atoms with Crippen LogP contribution in [0, 0.1) is 5.92 Å². The maximum atomic E-state index is 11.7. The molecule has 0 spiro atoms. The Bertz CT molecular complexity index is 545. The number of esters is 1. The van der Waals surface area contributed by atoms with Gasteiger partial charge in [0.25, 0.3) is 0 Å². The molecule has 0 radical (unpaired) electrons. The predicted octanol–water partition coefficient (Wildman–Crippen LogP) is 2.92. The highest BCUT2D eigenvalue weighted by molar-refractivity contribution is 5.90. The van der Waals surface area contributed by atoms with Gasteiger partial charge in [0.2, 0.25) is 0 Å². The van der Waals surface area contributed by atoms with Gasteiger partial charge < -0.3 is 21.1 Å². The number of fused-ring (bicyclic) bond motifs is 3. The van der Waals surface area contributed by atoms with E-state index in [0.29, 0.717) is 23.6 Å². The van der Waals surface area contributed by atoms with Crippen molar-refractivity contribution < 1.29 is 9.53 Å². The molecule has 3 atom stereocenters. The number of methoxy groups -OCH3 is 1. The third-order valence-corrected chi connectivity index (χ3v) is 4.65. The summed E-state index contributed by atoms with van der Waals surface area (Å²) in [6.07, 6.45) is 3.29. The zero-order chi connectivity index (χ0) is 14.8. The van der Waals surface area contributed by atoms with Gasteiger partial charge in [0.15, 0.2) is 0 Å². The number of hydrogen-bond donors (Lipinski definition) is 3. The molecule has 1 aromatic carbocycles. The molecule has 0 saturated carbocycles. The smallest absolute Gasteiger partial charge is 0.337 e. The highest BCUT2D eigenvalue weighted by Crippen LogP contribution is 2.42. The van der Waals surface area contributed by atoms with E-state index in [1.165, 1.54) is 12.7 Å². The number of anilines is 1. The number of carbonyl (C=O) groups is 1. The molecule has 0 bridgehead atoms. The maximum Gasteiger partial charge on any atom is 0.337 e. The van der Waals surface area contributed by atoms with Gasteiger partial charge in [-0.05, 0) is 62.0 Å². The number of ether oxygens (including phenoxy) is 1. The van der Waals surface area contributed by atoms with Gasteiger partial charge in [-0.2, -0.15) is 0 Å². The van der Waals surface area contributed by atoms with Crippen molar-refractivity contribution in [2.45, 2.75) is 31.3 Å². The molecule has 1 aromatic rings. The highest BCUT2D eigenvalue weighted by atomic mass is 35.5. The number of benzene rings is 1. The molecule has 2 aliphatic rings. The number of rotatable bonds is 4. The van der Waals surface area contributed by atoms with Crippen LogP contribution in [0.3, 0.4) is 0 Å². The largest absolute Gasteiger partial charge is 0.465 e. The minimum atomic E-state index is -0.280. The first-order valence-electron chi connectivity index (χ1n) is 7.67. The summed E-state index contributed by atoms with van der Waals surface area (Å²) in [5.41, 5.74) is 8.58. The van der Waals surface area contributed by atoms with Crippen LogP contribution < -0.4 is 16.4 Å². The molecule has 0 unspecified atom stereocenters. The monoisotopic (exact) mass is 397 g/mol. The molecule has 5 nitrogen and oxygen atoms in total.